The van der Waals surface area contributed by atoms with E-state index in [1.165, 1.54) is 5.56 Å². The minimum Gasteiger partial charge on any atom is -0.508 e. The molecule has 1 aromatic heterocycles. The quantitative estimate of drug-likeness (QED) is 0.641. The Hall–Kier alpha value is -2.59. The topological polar surface area (TPSA) is 67.0 Å². The van der Waals surface area contributed by atoms with Gasteiger partial charge in [-0.3, -0.25) is 0 Å². The maximum absolute atomic E-state index is 11.9. The number of hydrogen-bond donors (Lipinski definition) is 2. The second kappa shape index (κ2) is 8.19. The van der Waals surface area contributed by atoms with Crippen molar-refractivity contribution in [3.8, 4) is 5.75 Å². The molecule has 26 heavy (non-hydrogen) atoms. The van der Waals surface area contributed by atoms with Gasteiger partial charge in [0.25, 0.3) is 0 Å². The van der Waals surface area contributed by atoms with Gasteiger partial charge >= 0.3 is 5.63 Å². The number of phenols is 1. The molecule has 3 N–H and O–H groups in total. The highest BCUT2D eigenvalue weighted by Crippen LogP contribution is 2.26. The van der Waals surface area contributed by atoms with E-state index in [0.717, 1.165) is 35.9 Å². The number of nitrogens with two attached hydrogens (primary N) is 1. The zero-order valence-corrected chi connectivity index (χ0v) is 15.4. The van der Waals surface area contributed by atoms with Crippen molar-refractivity contribution in [2.24, 2.45) is 0 Å². The average Bonchev–Trinajstić information content (AvgIpc) is 2.65. The van der Waals surface area contributed by atoms with Crippen LogP contribution in [0.25, 0.3) is 11.0 Å². The third-order valence-corrected chi connectivity index (χ3v) is 4.99. The van der Waals surface area contributed by atoms with E-state index < -0.39 is 0 Å². The molecule has 0 saturated heterocycles. The summed E-state index contributed by atoms with van der Waals surface area (Å²) in [6, 6.07) is 15.6. The van der Waals surface area contributed by atoms with Crippen LogP contribution in [-0.2, 0) is 13.0 Å². The molecule has 2 aromatic carbocycles. The van der Waals surface area contributed by atoms with E-state index in [4.69, 9.17) is 4.42 Å². The van der Waals surface area contributed by atoms with Gasteiger partial charge in [-0.15, -0.1) is 0 Å². The summed E-state index contributed by atoms with van der Waals surface area (Å²) in [4.78, 5) is 11.9. The van der Waals surface area contributed by atoms with Gasteiger partial charge in [-0.2, -0.15) is 0 Å². The number of hydrogen-bond acceptors (Lipinski definition) is 3. The molecule has 136 valence electrons. The Morgan fingerprint density at radius 3 is 2.54 bits per heavy atom. The van der Waals surface area contributed by atoms with Crippen LogP contribution in [0.1, 0.15) is 42.9 Å². The minimum atomic E-state index is -0.375. The van der Waals surface area contributed by atoms with Crippen LogP contribution in [0.2, 0.25) is 0 Å². The van der Waals surface area contributed by atoms with E-state index >= 15 is 0 Å². The third kappa shape index (κ3) is 3.97. The van der Waals surface area contributed by atoms with Gasteiger partial charge in [0.1, 0.15) is 17.9 Å². The average molecular weight is 352 g/mol. The first-order valence-corrected chi connectivity index (χ1v) is 9.27. The fourth-order valence-corrected chi connectivity index (χ4v) is 3.46. The van der Waals surface area contributed by atoms with Crippen LogP contribution in [0.15, 0.2) is 57.7 Å². The molecule has 3 rings (SSSR count). The molecular formula is C22H26NO3+. The Kier molecular flexibility index (Phi) is 5.74. The van der Waals surface area contributed by atoms with Crippen molar-refractivity contribution in [3.05, 3.63) is 75.6 Å². The number of phenolic OH excluding ortho intramolecular Hbond substituents is 1. The van der Waals surface area contributed by atoms with Crippen molar-refractivity contribution < 1.29 is 14.8 Å². The largest absolute Gasteiger partial charge is 0.508 e. The van der Waals surface area contributed by atoms with Crippen LogP contribution in [0.4, 0.5) is 0 Å². The predicted molar refractivity (Wildman–Crippen MR) is 103 cm³/mol. The first-order valence-electron chi connectivity index (χ1n) is 9.27. The van der Waals surface area contributed by atoms with Crippen LogP contribution in [0, 0.1) is 0 Å². The van der Waals surface area contributed by atoms with Gasteiger partial charge in [0.05, 0.1) is 6.54 Å². The van der Waals surface area contributed by atoms with Gasteiger partial charge in [0.2, 0.25) is 0 Å². The lowest BCUT2D eigenvalue weighted by atomic mass is 9.96. The van der Waals surface area contributed by atoms with Gasteiger partial charge in [-0.05, 0) is 30.0 Å². The standard InChI is InChI=1S/C22H25NO3/c1-3-15-10-19-18(11-22(25)26-21(19)12-20(15)24)14-23-13-16(4-2)17-8-6-5-7-9-17/h5-12,16,23-24H,3-4,13-14H2,1-2H3/p+1/t16-/m0/s1. The van der Waals surface area contributed by atoms with Crippen LogP contribution >= 0.6 is 0 Å². The molecule has 0 aliphatic carbocycles. The summed E-state index contributed by atoms with van der Waals surface area (Å²) >= 11 is 0. The Balaban J connectivity index is 1.81. The number of benzene rings is 2. The van der Waals surface area contributed by atoms with Gasteiger partial charge in [0.15, 0.2) is 0 Å². The highest BCUT2D eigenvalue weighted by molar-refractivity contribution is 5.82. The Labute approximate surface area is 153 Å². The lowest BCUT2D eigenvalue weighted by Crippen LogP contribution is -2.83. The summed E-state index contributed by atoms with van der Waals surface area (Å²) in [5.41, 5.74) is 3.24. The summed E-state index contributed by atoms with van der Waals surface area (Å²) in [5.74, 6) is 0.664. The van der Waals surface area contributed by atoms with E-state index in [1.807, 2.05) is 19.1 Å². The molecule has 4 nitrogen and oxygen atoms in total. The maximum atomic E-state index is 11.9. The monoisotopic (exact) mass is 352 g/mol. The molecule has 0 unspecified atom stereocenters. The van der Waals surface area contributed by atoms with E-state index in [2.05, 4.69) is 36.5 Å². The molecule has 3 aromatic rings. The molecule has 4 heteroatoms. The van der Waals surface area contributed by atoms with E-state index in [1.54, 1.807) is 12.1 Å². The number of fused-ring (bicyclic) bond motifs is 1. The van der Waals surface area contributed by atoms with Crippen molar-refractivity contribution in [2.45, 2.75) is 39.2 Å². The second-order valence-corrected chi connectivity index (χ2v) is 6.67. The third-order valence-electron chi connectivity index (χ3n) is 4.99. The number of aromatic hydroxyl groups is 1. The molecule has 0 spiro atoms. The fourth-order valence-electron chi connectivity index (χ4n) is 3.46. The van der Waals surface area contributed by atoms with Crippen molar-refractivity contribution in [2.75, 3.05) is 6.54 Å². The first-order chi connectivity index (χ1) is 12.6. The molecule has 0 fully saturated rings. The summed E-state index contributed by atoms with van der Waals surface area (Å²) in [5, 5.41) is 13.2. The molecule has 0 bridgehead atoms. The molecule has 0 saturated carbocycles. The van der Waals surface area contributed by atoms with Crippen LogP contribution in [0.3, 0.4) is 0 Å². The van der Waals surface area contributed by atoms with Crippen LogP contribution in [0.5, 0.6) is 5.75 Å². The smallest absolute Gasteiger partial charge is 0.336 e. The van der Waals surface area contributed by atoms with Crippen molar-refractivity contribution in [1.29, 1.82) is 0 Å². The molecule has 1 atom stereocenters. The maximum Gasteiger partial charge on any atom is 0.336 e. The number of aryl methyl sites for hydroxylation is 1. The molecule has 0 aliphatic rings. The van der Waals surface area contributed by atoms with Crippen molar-refractivity contribution in [1.82, 2.24) is 0 Å². The Morgan fingerprint density at radius 1 is 1.08 bits per heavy atom. The predicted octanol–water partition coefficient (Wildman–Crippen LogP) is 3.32. The van der Waals surface area contributed by atoms with Gasteiger partial charge < -0.3 is 14.8 Å². The minimum absolute atomic E-state index is 0.180. The zero-order valence-electron chi connectivity index (χ0n) is 15.4. The van der Waals surface area contributed by atoms with E-state index in [-0.39, 0.29) is 11.4 Å². The molecular weight excluding hydrogens is 326 g/mol. The Bertz CT molecular complexity index is 931. The number of quaternary nitrogens is 1. The highest BCUT2D eigenvalue weighted by Gasteiger charge is 2.14. The summed E-state index contributed by atoms with van der Waals surface area (Å²) < 4.78 is 5.27. The zero-order chi connectivity index (χ0) is 18.5. The molecule has 0 amide bonds. The molecule has 0 aliphatic heterocycles. The van der Waals surface area contributed by atoms with Crippen molar-refractivity contribution >= 4 is 11.0 Å². The summed E-state index contributed by atoms with van der Waals surface area (Å²) in [7, 11) is 0. The lowest BCUT2D eigenvalue weighted by molar-refractivity contribution is -0.672. The van der Waals surface area contributed by atoms with Crippen molar-refractivity contribution in [3.63, 3.8) is 0 Å². The molecule has 0 radical (unpaired) electrons. The van der Waals surface area contributed by atoms with Crippen LogP contribution < -0.4 is 10.9 Å². The van der Waals surface area contributed by atoms with Gasteiger partial charge in [0, 0.05) is 29.0 Å². The second-order valence-electron chi connectivity index (χ2n) is 6.67. The molecule has 1 heterocycles. The van der Waals surface area contributed by atoms with Gasteiger partial charge in [-0.25, -0.2) is 4.79 Å². The summed E-state index contributed by atoms with van der Waals surface area (Å²) in [6.07, 6.45) is 1.81. The first kappa shape index (κ1) is 18.2. The normalized spacial score (nSPS) is 12.4. The fraction of sp³-hybridized carbons (Fsp3) is 0.318. The highest BCUT2D eigenvalue weighted by atomic mass is 16.4. The lowest BCUT2D eigenvalue weighted by Gasteiger charge is -2.14. The van der Waals surface area contributed by atoms with Gasteiger partial charge in [-0.1, -0.05) is 44.2 Å². The van der Waals surface area contributed by atoms with E-state index in [9.17, 15) is 9.90 Å². The number of rotatable bonds is 7. The van der Waals surface area contributed by atoms with Crippen LogP contribution in [-0.4, -0.2) is 11.7 Å². The summed E-state index contributed by atoms with van der Waals surface area (Å²) in [6.45, 7) is 5.87. The SMILES string of the molecule is CCc1cc2c(C[NH2+]C[C@H](CC)c3ccccc3)cc(=O)oc2cc1O. The Morgan fingerprint density at radius 2 is 1.85 bits per heavy atom. The van der Waals surface area contributed by atoms with E-state index in [0.29, 0.717) is 18.0 Å².